The Morgan fingerprint density at radius 1 is 0.457 bits per heavy atom. The molecular weight excluding hydrogens is 559 g/mol. The summed E-state index contributed by atoms with van der Waals surface area (Å²) in [4.78, 5) is 4.99. The lowest BCUT2D eigenvalue weighted by Crippen LogP contribution is -2.61. The summed E-state index contributed by atoms with van der Waals surface area (Å²) < 4.78 is 6.87. The van der Waals surface area contributed by atoms with Gasteiger partial charge in [0.2, 0.25) is 0 Å². The highest BCUT2D eigenvalue weighted by molar-refractivity contribution is 6.93. The summed E-state index contributed by atoms with van der Waals surface area (Å²) in [5.74, 6) is 0. The quantitative estimate of drug-likeness (QED) is 0.192. The molecular formula is C42H27BN2O. The highest BCUT2D eigenvalue weighted by Crippen LogP contribution is 2.50. The van der Waals surface area contributed by atoms with E-state index in [9.17, 15) is 0 Å². The van der Waals surface area contributed by atoms with E-state index in [1.54, 1.807) is 0 Å². The lowest BCUT2D eigenvalue weighted by molar-refractivity contribution is 0.669. The molecule has 0 aliphatic carbocycles. The Balaban J connectivity index is 1.36. The van der Waals surface area contributed by atoms with Crippen LogP contribution in [-0.2, 0) is 0 Å². The normalized spacial score (nSPS) is 13.1. The Morgan fingerprint density at radius 2 is 1.13 bits per heavy atom. The highest BCUT2D eigenvalue weighted by Gasteiger charge is 2.45. The summed E-state index contributed by atoms with van der Waals surface area (Å²) in [6, 6.07) is 58.9. The predicted molar refractivity (Wildman–Crippen MR) is 193 cm³/mol. The molecule has 46 heavy (non-hydrogen) atoms. The van der Waals surface area contributed by atoms with Gasteiger partial charge in [-0.2, -0.15) is 0 Å². The zero-order valence-electron chi connectivity index (χ0n) is 25.0. The molecule has 7 aromatic carbocycles. The van der Waals surface area contributed by atoms with Gasteiger partial charge < -0.3 is 14.1 Å². The van der Waals surface area contributed by atoms with Crippen LogP contribution in [0, 0.1) is 0 Å². The fourth-order valence-corrected chi connectivity index (χ4v) is 7.77. The molecule has 4 heteroatoms. The zero-order chi connectivity index (χ0) is 30.2. The summed E-state index contributed by atoms with van der Waals surface area (Å²) in [6.45, 7) is -0.0847. The highest BCUT2D eigenvalue weighted by atomic mass is 16.3. The number of nitrogens with zero attached hydrogens (tertiary/aromatic N) is 2. The van der Waals surface area contributed by atoms with Crippen LogP contribution in [0.2, 0.25) is 0 Å². The van der Waals surface area contributed by atoms with Gasteiger partial charge in [0.15, 0.2) is 5.58 Å². The number of rotatable bonds is 3. The van der Waals surface area contributed by atoms with Crippen LogP contribution < -0.4 is 20.6 Å². The van der Waals surface area contributed by atoms with Crippen molar-refractivity contribution in [3.05, 3.63) is 164 Å². The Morgan fingerprint density at radius 3 is 2.00 bits per heavy atom. The lowest BCUT2D eigenvalue weighted by atomic mass is 9.43. The first-order valence-corrected chi connectivity index (χ1v) is 15.8. The van der Waals surface area contributed by atoms with E-state index in [4.69, 9.17) is 4.42 Å². The van der Waals surface area contributed by atoms with Crippen molar-refractivity contribution in [2.45, 2.75) is 0 Å². The van der Waals surface area contributed by atoms with Gasteiger partial charge in [0.1, 0.15) is 5.58 Å². The second kappa shape index (κ2) is 9.75. The number of benzene rings is 7. The van der Waals surface area contributed by atoms with E-state index in [0.29, 0.717) is 0 Å². The molecule has 0 radical (unpaired) electrons. The lowest BCUT2D eigenvalue weighted by Gasteiger charge is -2.46. The molecule has 0 amide bonds. The van der Waals surface area contributed by atoms with E-state index in [0.717, 1.165) is 44.4 Å². The first-order valence-electron chi connectivity index (χ1n) is 15.8. The minimum Gasteiger partial charge on any atom is -0.454 e. The van der Waals surface area contributed by atoms with Crippen LogP contribution in [0.15, 0.2) is 168 Å². The smallest absolute Gasteiger partial charge is 0.333 e. The van der Waals surface area contributed by atoms with Crippen molar-refractivity contribution in [1.82, 2.24) is 0 Å². The number of hydrogen-bond acceptors (Lipinski definition) is 3. The molecule has 0 N–H and O–H groups in total. The van der Waals surface area contributed by atoms with Crippen molar-refractivity contribution in [3.63, 3.8) is 0 Å². The van der Waals surface area contributed by atoms with Gasteiger partial charge in [-0.3, -0.25) is 0 Å². The fourth-order valence-electron chi connectivity index (χ4n) is 7.77. The molecule has 3 heterocycles. The molecule has 8 aromatic rings. The van der Waals surface area contributed by atoms with Crippen molar-refractivity contribution in [1.29, 1.82) is 0 Å². The number of para-hydroxylation sites is 4. The minimum absolute atomic E-state index is 0.0847. The van der Waals surface area contributed by atoms with Crippen LogP contribution in [0.4, 0.5) is 28.4 Å². The van der Waals surface area contributed by atoms with Crippen LogP contribution in [0.1, 0.15) is 0 Å². The van der Waals surface area contributed by atoms with Crippen molar-refractivity contribution >= 4 is 68.1 Å². The minimum atomic E-state index is -0.0847. The maximum atomic E-state index is 6.87. The largest absolute Gasteiger partial charge is 0.454 e. The molecule has 0 fully saturated rings. The summed E-state index contributed by atoms with van der Waals surface area (Å²) >= 11 is 0. The summed E-state index contributed by atoms with van der Waals surface area (Å²) in [7, 11) is 0. The Labute approximate surface area is 267 Å². The molecule has 0 unspecified atom stereocenters. The number of fused-ring (bicyclic) bond motifs is 7. The maximum Gasteiger partial charge on any atom is 0.333 e. The van der Waals surface area contributed by atoms with E-state index in [2.05, 4.69) is 174 Å². The Kier molecular flexibility index (Phi) is 5.37. The van der Waals surface area contributed by atoms with E-state index in [1.807, 2.05) is 0 Å². The van der Waals surface area contributed by atoms with Crippen LogP contribution >= 0.6 is 0 Å². The van der Waals surface area contributed by atoms with E-state index in [1.165, 1.54) is 39.1 Å². The topological polar surface area (TPSA) is 19.6 Å². The molecule has 0 atom stereocenters. The summed E-state index contributed by atoms with van der Waals surface area (Å²) in [6.07, 6.45) is 0. The van der Waals surface area contributed by atoms with Crippen LogP contribution in [0.5, 0.6) is 0 Å². The third-order valence-corrected chi connectivity index (χ3v) is 9.64. The molecule has 10 rings (SSSR count). The Bertz CT molecular complexity index is 2450. The van der Waals surface area contributed by atoms with Gasteiger partial charge in [0.05, 0.1) is 5.69 Å². The first-order chi connectivity index (χ1) is 22.9. The van der Waals surface area contributed by atoms with Crippen LogP contribution in [-0.4, -0.2) is 6.85 Å². The van der Waals surface area contributed by atoms with Crippen molar-refractivity contribution in [2.24, 2.45) is 0 Å². The average molecular weight is 587 g/mol. The summed E-state index contributed by atoms with van der Waals surface area (Å²) in [5, 5.41) is 2.25. The van der Waals surface area contributed by atoms with E-state index >= 15 is 0 Å². The van der Waals surface area contributed by atoms with Crippen LogP contribution in [0.25, 0.3) is 44.2 Å². The van der Waals surface area contributed by atoms with Gasteiger partial charge in [-0.05, 0) is 64.5 Å². The molecule has 0 spiro atoms. The van der Waals surface area contributed by atoms with Gasteiger partial charge in [-0.15, -0.1) is 0 Å². The van der Waals surface area contributed by atoms with Gasteiger partial charge in [0.25, 0.3) is 0 Å². The number of hydrogen-bond donors (Lipinski definition) is 0. The zero-order valence-corrected chi connectivity index (χ0v) is 25.0. The molecule has 2 aliphatic rings. The molecule has 1 aromatic heterocycles. The molecule has 214 valence electrons. The molecule has 0 bridgehead atoms. The van der Waals surface area contributed by atoms with Gasteiger partial charge >= 0.3 is 6.85 Å². The Hall–Kier alpha value is -6.00. The monoisotopic (exact) mass is 586 g/mol. The van der Waals surface area contributed by atoms with Crippen molar-refractivity contribution < 1.29 is 4.42 Å². The molecule has 0 saturated carbocycles. The van der Waals surface area contributed by atoms with Gasteiger partial charge in [-0.25, -0.2) is 0 Å². The number of anilines is 5. The second-order valence-electron chi connectivity index (χ2n) is 12.1. The van der Waals surface area contributed by atoms with E-state index in [-0.39, 0.29) is 6.85 Å². The predicted octanol–water partition coefficient (Wildman–Crippen LogP) is 9.96. The average Bonchev–Trinajstić information content (AvgIpc) is 3.51. The third-order valence-electron chi connectivity index (χ3n) is 9.64. The maximum absolute atomic E-state index is 6.87. The van der Waals surface area contributed by atoms with Gasteiger partial charge in [-0.1, -0.05) is 121 Å². The van der Waals surface area contributed by atoms with Crippen molar-refractivity contribution in [3.8, 4) is 22.3 Å². The van der Waals surface area contributed by atoms with Crippen molar-refractivity contribution in [2.75, 3.05) is 9.71 Å². The first kappa shape index (κ1) is 25.3. The second-order valence-corrected chi connectivity index (χ2v) is 12.1. The summed E-state index contributed by atoms with van der Waals surface area (Å²) in [5.41, 5.74) is 14.9. The van der Waals surface area contributed by atoms with Gasteiger partial charge in [0, 0.05) is 44.6 Å². The molecule has 3 nitrogen and oxygen atoms in total. The third kappa shape index (κ3) is 3.50. The number of furan rings is 1. The van der Waals surface area contributed by atoms with E-state index < -0.39 is 0 Å². The molecule has 0 saturated heterocycles. The standard InChI is InChI=1S/C42H27BN2O/c1-3-14-28(15-4-1)30-26-27-34-32-19-8-12-25-39(32)46-42(34)41(30)45-36-22-10-7-18-31(36)33-20-13-24-38-40(33)43(45)35-21-9-11-23-37(35)44(38)29-16-5-2-6-17-29/h1-27H. The van der Waals surface area contributed by atoms with Crippen LogP contribution in [0.3, 0.4) is 0 Å². The SMILES string of the molecule is c1ccc(-c2ccc3c(oc4ccccc43)c2N2B3c4ccccc4N(c4ccccc4)c4cccc(c43)-c3ccccc32)cc1. The fraction of sp³-hybridized carbons (Fsp3) is 0. The molecule has 2 aliphatic heterocycles.